The first-order valence-corrected chi connectivity index (χ1v) is 8.07. The smallest absolute Gasteiger partial charge is 0.224 e. The molecule has 0 aliphatic carbocycles. The minimum atomic E-state index is -0.244. The van der Waals surface area contributed by atoms with Crippen molar-refractivity contribution in [3.8, 4) is 0 Å². The summed E-state index contributed by atoms with van der Waals surface area (Å²) in [4.78, 5) is 22.5. The average Bonchev–Trinajstić information content (AvgIpc) is 2.43. The molecule has 0 aliphatic rings. The van der Waals surface area contributed by atoms with E-state index in [1.165, 1.54) is 0 Å². The quantitative estimate of drug-likeness (QED) is 0.651. The summed E-state index contributed by atoms with van der Waals surface area (Å²) in [7, 11) is 0. The van der Waals surface area contributed by atoms with Gasteiger partial charge in [0.2, 0.25) is 11.8 Å². The Balaban J connectivity index is 2.46. The first kappa shape index (κ1) is 18.2. The first-order valence-electron chi connectivity index (χ1n) is 8.07. The van der Waals surface area contributed by atoms with E-state index in [2.05, 4.69) is 0 Å². The molecule has 22 heavy (non-hydrogen) atoms. The third-order valence-electron chi connectivity index (χ3n) is 4.15. The Bertz CT molecular complexity index is 492. The van der Waals surface area contributed by atoms with Crippen molar-refractivity contribution in [1.29, 1.82) is 0 Å². The predicted molar refractivity (Wildman–Crippen MR) is 89.4 cm³/mol. The largest absolute Gasteiger partial charge is 0.370 e. The molecule has 0 bridgehead atoms. The molecule has 4 N–H and O–H groups in total. The number of aryl methyl sites for hydroxylation is 2. The molecular weight excluding hydrogens is 276 g/mol. The fourth-order valence-corrected chi connectivity index (χ4v) is 2.98. The summed E-state index contributed by atoms with van der Waals surface area (Å²) in [5, 5.41) is 0. The summed E-state index contributed by atoms with van der Waals surface area (Å²) in [6, 6.07) is 6.06. The fraction of sp³-hybridized carbons (Fsp3) is 0.556. The molecular formula is C18H28N2O2. The minimum absolute atomic E-state index is 0.202. The van der Waals surface area contributed by atoms with Gasteiger partial charge in [0.25, 0.3) is 0 Å². The number of benzene rings is 1. The Morgan fingerprint density at radius 2 is 1.50 bits per heavy atom. The molecule has 0 radical (unpaired) electrons. The molecule has 0 aromatic heterocycles. The maximum Gasteiger partial charge on any atom is 0.224 e. The van der Waals surface area contributed by atoms with Crippen LogP contribution in [0.15, 0.2) is 18.2 Å². The van der Waals surface area contributed by atoms with Gasteiger partial charge in [0.05, 0.1) is 5.92 Å². The van der Waals surface area contributed by atoms with Crippen LogP contribution in [0.1, 0.15) is 67.6 Å². The Morgan fingerprint density at radius 1 is 0.955 bits per heavy atom. The molecule has 0 saturated heterocycles. The van der Waals surface area contributed by atoms with Crippen molar-refractivity contribution < 1.29 is 9.59 Å². The van der Waals surface area contributed by atoms with Crippen LogP contribution in [0, 0.1) is 13.8 Å². The van der Waals surface area contributed by atoms with Crippen LogP contribution in [0.2, 0.25) is 0 Å². The topological polar surface area (TPSA) is 86.2 Å². The van der Waals surface area contributed by atoms with Gasteiger partial charge in [0.1, 0.15) is 0 Å². The van der Waals surface area contributed by atoms with Crippen molar-refractivity contribution in [2.24, 2.45) is 11.5 Å². The van der Waals surface area contributed by atoms with Gasteiger partial charge in [-0.2, -0.15) is 0 Å². The van der Waals surface area contributed by atoms with E-state index >= 15 is 0 Å². The van der Waals surface area contributed by atoms with E-state index in [-0.39, 0.29) is 17.7 Å². The number of nitrogens with two attached hydrogens (primary N) is 2. The number of unbranched alkanes of at least 4 members (excludes halogenated alkanes) is 4. The number of hydrogen-bond acceptors (Lipinski definition) is 2. The number of rotatable bonds is 10. The number of hydrogen-bond donors (Lipinski definition) is 2. The molecule has 1 atom stereocenters. The second kappa shape index (κ2) is 9.23. The van der Waals surface area contributed by atoms with Crippen LogP contribution < -0.4 is 11.5 Å². The van der Waals surface area contributed by atoms with Gasteiger partial charge in [0, 0.05) is 6.42 Å². The van der Waals surface area contributed by atoms with Crippen molar-refractivity contribution in [2.45, 2.75) is 64.7 Å². The molecule has 2 amide bonds. The number of amides is 2. The van der Waals surface area contributed by atoms with Crippen molar-refractivity contribution in [2.75, 3.05) is 0 Å². The lowest BCUT2D eigenvalue weighted by molar-refractivity contribution is -0.120. The maximum atomic E-state index is 11.8. The van der Waals surface area contributed by atoms with Gasteiger partial charge in [-0.05, 0) is 43.4 Å². The highest BCUT2D eigenvalue weighted by atomic mass is 16.1. The van der Waals surface area contributed by atoms with E-state index in [1.54, 1.807) is 0 Å². The van der Waals surface area contributed by atoms with Gasteiger partial charge in [-0.1, -0.05) is 43.9 Å². The summed E-state index contributed by atoms with van der Waals surface area (Å²) in [6.45, 7) is 4.06. The maximum absolute atomic E-state index is 11.8. The molecule has 0 aliphatic heterocycles. The molecule has 1 aromatic rings. The molecule has 0 fully saturated rings. The van der Waals surface area contributed by atoms with E-state index in [4.69, 9.17) is 11.5 Å². The van der Waals surface area contributed by atoms with Gasteiger partial charge < -0.3 is 11.5 Å². The molecule has 1 rings (SSSR count). The summed E-state index contributed by atoms with van der Waals surface area (Å²) in [5.74, 6) is -0.679. The van der Waals surface area contributed by atoms with Crippen molar-refractivity contribution in [1.82, 2.24) is 0 Å². The lowest BCUT2D eigenvalue weighted by atomic mass is 9.86. The van der Waals surface area contributed by atoms with E-state index < -0.39 is 0 Å². The molecule has 1 aromatic carbocycles. The molecule has 1 unspecified atom stereocenters. The standard InChI is InChI=1S/C18H28N2O2/c1-13-9-8-10-14(2)17(13)15(18(20)22)11-6-4-3-5-7-12-16(19)21/h8-10,15H,3-7,11-12H2,1-2H3,(H2,19,21)(H2,20,22). The van der Waals surface area contributed by atoms with Crippen molar-refractivity contribution in [3.63, 3.8) is 0 Å². The van der Waals surface area contributed by atoms with Crippen LogP contribution in [0.5, 0.6) is 0 Å². The van der Waals surface area contributed by atoms with Gasteiger partial charge in [0.15, 0.2) is 0 Å². The fourth-order valence-electron chi connectivity index (χ4n) is 2.98. The number of carbonyl (C=O) groups excluding carboxylic acids is 2. The van der Waals surface area contributed by atoms with E-state index in [0.29, 0.717) is 6.42 Å². The molecule has 4 heteroatoms. The van der Waals surface area contributed by atoms with Crippen LogP contribution in [0.25, 0.3) is 0 Å². The highest BCUT2D eigenvalue weighted by Crippen LogP contribution is 2.28. The summed E-state index contributed by atoms with van der Waals surface area (Å²) in [5.41, 5.74) is 14.1. The van der Waals surface area contributed by atoms with Gasteiger partial charge in [-0.3, -0.25) is 9.59 Å². The third-order valence-corrected chi connectivity index (χ3v) is 4.15. The van der Waals surface area contributed by atoms with Crippen LogP contribution in [-0.2, 0) is 9.59 Å². The van der Waals surface area contributed by atoms with Crippen LogP contribution in [0.4, 0.5) is 0 Å². The summed E-state index contributed by atoms with van der Waals surface area (Å²) < 4.78 is 0. The van der Waals surface area contributed by atoms with Crippen molar-refractivity contribution >= 4 is 11.8 Å². The van der Waals surface area contributed by atoms with Crippen molar-refractivity contribution in [3.05, 3.63) is 34.9 Å². The molecule has 122 valence electrons. The lowest BCUT2D eigenvalue weighted by Crippen LogP contribution is -2.23. The highest BCUT2D eigenvalue weighted by molar-refractivity contribution is 5.82. The zero-order chi connectivity index (χ0) is 16.5. The molecule has 0 spiro atoms. The van der Waals surface area contributed by atoms with Gasteiger partial charge in [-0.15, -0.1) is 0 Å². The monoisotopic (exact) mass is 304 g/mol. The Hall–Kier alpha value is -1.84. The Kier molecular flexibility index (Phi) is 7.64. The number of carbonyl (C=O) groups is 2. The molecule has 0 heterocycles. The first-order chi connectivity index (χ1) is 10.4. The van der Waals surface area contributed by atoms with E-state index in [0.717, 1.165) is 55.2 Å². The number of primary amides is 2. The lowest BCUT2D eigenvalue weighted by Gasteiger charge is -2.18. The average molecular weight is 304 g/mol. The minimum Gasteiger partial charge on any atom is -0.370 e. The summed E-state index contributed by atoms with van der Waals surface area (Å²) >= 11 is 0. The highest BCUT2D eigenvalue weighted by Gasteiger charge is 2.20. The van der Waals surface area contributed by atoms with Gasteiger partial charge >= 0.3 is 0 Å². The van der Waals surface area contributed by atoms with E-state index in [1.807, 2.05) is 32.0 Å². The Labute approximate surface area is 133 Å². The predicted octanol–water partition coefficient (Wildman–Crippen LogP) is 3.09. The second-order valence-electron chi connectivity index (χ2n) is 6.03. The zero-order valence-corrected chi connectivity index (χ0v) is 13.7. The van der Waals surface area contributed by atoms with Crippen LogP contribution >= 0.6 is 0 Å². The van der Waals surface area contributed by atoms with Gasteiger partial charge in [-0.25, -0.2) is 0 Å². The third kappa shape index (κ3) is 5.88. The zero-order valence-electron chi connectivity index (χ0n) is 13.7. The SMILES string of the molecule is Cc1cccc(C)c1C(CCCCCCCC(N)=O)C(N)=O. The second-order valence-corrected chi connectivity index (χ2v) is 6.03. The molecule has 0 saturated carbocycles. The van der Waals surface area contributed by atoms with Crippen LogP contribution in [0.3, 0.4) is 0 Å². The Morgan fingerprint density at radius 3 is 2.05 bits per heavy atom. The normalized spacial score (nSPS) is 12.1. The molecule has 4 nitrogen and oxygen atoms in total. The van der Waals surface area contributed by atoms with Crippen LogP contribution in [-0.4, -0.2) is 11.8 Å². The summed E-state index contributed by atoms with van der Waals surface area (Å²) in [6.07, 6.45) is 6.19. The van der Waals surface area contributed by atoms with E-state index in [9.17, 15) is 9.59 Å².